The zero-order valence-corrected chi connectivity index (χ0v) is 19.5. The molecule has 33 heavy (non-hydrogen) atoms. The zero-order valence-electron chi connectivity index (χ0n) is 18.7. The Labute approximate surface area is 196 Å². The minimum absolute atomic E-state index is 0.153. The summed E-state index contributed by atoms with van der Waals surface area (Å²) in [5.74, 6) is 1.42. The van der Waals surface area contributed by atoms with Crippen molar-refractivity contribution >= 4 is 46.1 Å². The quantitative estimate of drug-likeness (QED) is 0.381. The van der Waals surface area contributed by atoms with E-state index in [1.165, 1.54) is 6.92 Å². The number of carbonyl (C=O) groups excluding carboxylic acids is 2. The van der Waals surface area contributed by atoms with Crippen LogP contribution in [0.25, 0.3) is 11.0 Å². The number of amides is 2. The molecule has 1 saturated heterocycles. The number of thioether (sulfide) groups is 1. The highest BCUT2D eigenvalue weighted by Crippen LogP contribution is 2.27. The number of ether oxygens (including phenoxy) is 1. The van der Waals surface area contributed by atoms with Gasteiger partial charge >= 0.3 is 0 Å². The van der Waals surface area contributed by atoms with Gasteiger partial charge in [0.1, 0.15) is 5.82 Å². The second-order valence-corrected chi connectivity index (χ2v) is 8.71. The molecule has 2 aromatic heterocycles. The Balaban J connectivity index is 1.45. The molecule has 0 radical (unpaired) electrons. The van der Waals surface area contributed by atoms with Gasteiger partial charge in [-0.2, -0.15) is 5.10 Å². The molecule has 4 rings (SSSR count). The molecule has 0 bridgehead atoms. The average molecular weight is 470 g/mol. The molecule has 1 fully saturated rings. The smallest absolute Gasteiger partial charge is 0.251 e. The monoisotopic (exact) mass is 469 g/mol. The molecule has 3 aromatic rings. The Kier molecular flexibility index (Phi) is 7.40. The van der Waals surface area contributed by atoms with E-state index in [0.717, 1.165) is 40.9 Å². The van der Waals surface area contributed by atoms with E-state index in [0.29, 0.717) is 37.6 Å². The summed E-state index contributed by atoms with van der Waals surface area (Å²) in [4.78, 5) is 35.3. The highest BCUT2D eigenvalue weighted by Gasteiger charge is 2.20. The molecule has 0 saturated carbocycles. The summed E-state index contributed by atoms with van der Waals surface area (Å²) in [6.07, 6.45) is 1.79. The van der Waals surface area contributed by atoms with Crippen molar-refractivity contribution < 1.29 is 14.3 Å². The van der Waals surface area contributed by atoms with Crippen molar-refractivity contribution in [3.8, 4) is 0 Å². The summed E-state index contributed by atoms with van der Waals surface area (Å²) in [6.45, 7) is 7.31. The van der Waals surface area contributed by atoms with Gasteiger partial charge in [-0.25, -0.2) is 14.6 Å². The van der Waals surface area contributed by atoms with E-state index in [1.807, 2.05) is 0 Å². The molecule has 2 amide bonds. The van der Waals surface area contributed by atoms with Crippen LogP contribution in [0.15, 0.2) is 35.6 Å². The lowest BCUT2D eigenvalue weighted by Gasteiger charge is -2.28. The van der Waals surface area contributed by atoms with E-state index >= 15 is 0 Å². The first-order chi connectivity index (χ1) is 16.0. The van der Waals surface area contributed by atoms with Crippen LogP contribution < -0.4 is 15.5 Å². The first-order valence-electron chi connectivity index (χ1n) is 10.9. The maximum absolute atomic E-state index is 12.5. The highest BCUT2D eigenvalue weighted by atomic mass is 32.2. The molecule has 1 aliphatic rings. The fraction of sp³-hybridized carbons (Fsp3) is 0.409. The Morgan fingerprint density at radius 3 is 2.61 bits per heavy atom. The van der Waals surface area contributed by atoms with E-state index in [2.05, 4.69) is 27.6 Å². The normalized spacial score (nSPS) is 13.8. The molecular weight excluding hydrogens is 442 g/mol. The highest BCUT2D eigenvalue weighted by molar-refractivity contribution is 7.99. The lowest BCUT2D eigenvalue weighted by molar-refractivity contribution is -0.114. The van der Waals surface area contributed by atoms with Crippen LogP contribution >= 0.6 is 11.8 Å². The van der Waals surface area contributed by atoms with Crippen LogP contribution in [0.3, 0.4) is 0 Å². The number of hydrogen-bond donors (Lipinski definition) is 2. The molecule has 174 valence electrons. The van der Waals surface area contributed by atoms with E-state index < -0.39 is 0 Å². The molecular formula is C22H27N7O3S. The van der Waals surface area contributed by atoms with Gasteiger partial charge in [0.2, 0.25) is 5.91 Å². The van der Waals surface area contributed by atoms with E-state index in [-0.39, 0.29) is 11.8 Å². The van der Waals surface area contributed by atoms with Gasteiger partial charge < -0.3 is 20.3 Å². The van der Waals surface area contributed by atoms with Gasteiger partial charge in [-0.1, -0.05) is 18.7 Å². The average Bonchev–Trinajstić information content (AvgIpc) is 3.22. The van der Waals surface area contributed by atoms with Crippen molar-refractivity contribution in [3.63, 3.8) is 0 Å². The first kappa shape index (κ1) is 23.0. The second-order valence-electron chi connectivity index (χ2n) is 7.48. The Bertz CT molecular complexity index is 1130. The summed E-state index contributed by atoms with van der Waals surface area (Å²) in [5, 5.41) is 11.7. The summed E-state index contributed by atoms with van der Waals surface area (Å²) in [5.41, 5.74) is 1.93. The van der Waals surface area contributed by atoms with E-state index in [1.54, 1.807) is 46.9 Å². The van der Waals surface area contributed by atoms with Gasteiger partial charge in [-0.15, -0.1) is 0 Å². The molecule has 0 aliphatic carbocycles. The van der Waals surface area contributed by atoms with Crippen molar-refractivity contribution in [1.29, 1.82) is 0 Å². The van der Waals surface area contributed by atoms with Crippen molar-refractivity contribution in [1.82, 2.24) is 25.1 Å². The van der Waals surface area contributed by atoms with Crippen LogP contribution in [-0.4, -0.2) is 70.2 Å². The molecule has 1 aromatic carbocycles. The minimum atomic E-state index is -0.188. The molecule has 1 aliphatic heterocycles. The fourth-order valence-corrected chi connectivity index (χ4v) is 4.14. The van der Waals surface area contributed by atoms with Crippen molar-refractivity contribution in [2.24, 2.45) is 0 Å². The fourth-order valence-electron chi connectivity index (χ4n) is 3.58. The largest absolute Gasteiger partial charge is 0.378 e. The molecule has 3 heterocycles. The number of carbonyl (C=O) groups is 2. The van der Waals surface area contributed by atoms with Crippen LogP contribution in [-0.2, 0) is 16.1 Å². The van der Waals surface area contributed by atoms with Crippen molar-refractivity contribution in [3.05, 3.63) is 36.0 Å². The van der Waals surface area contributed by atoms with Gasteiger partial charge in [0, 0.05) is 37.8 Å². The summed E-state index contributed by atoms with van der Waals surface area (Å²) >= 11 is 1.59. The summed E-state index contributed by atoms with van der Waals surface area (Å²) in [6, 6.07) is 6.77. The van der Waals surface area contributed by atoms with E-state index in [4.69, 9.17) is 14.7 Å². The van der Waals surface area contributed by atoms with Gasteiger partial charge in [-0.05, 0) is 30.0 Å². The van der Waals surface area contributed by atoms with Crippen LogP contribution in [0.2, 0.25) is 0 Å². The third-order valence-corrected chi connectivity index (χ3v) is 5.85. The summed E-state index contributed by atoms with van der Waals surface area (Å²) < 4.78 is 7.29. The SMILES string of the molecule is CCSc1nc(N2CCOCC2)c2cnn(CCNC(=O)c3ccc(NC(C)=O)cc3)c2n1. The number of fused-ring (bicyclic) bond motifs is 1. The van der Waals surface area contributed by atoms with Crippen LogP contribution in [0.5, 0.6) is 0 Å². The van der Waals surface area contributed by atoms with Gasteiger partial charge in [-0.3, -0.25) is 9.59 Å². The predicted octanol–water partition coefficient (Wildman–Crippen LogP) is 2.16. The van der Waals surface area contributed by atoms with Gasteiger partial charge in [0.15, 0.2) is 10.8 Å². The standard InChI is InChI=1S/C22H27N7O3S/c1-3-33-22-26-19(28-10-12-32-13-11-28)18-14-24-29(20(18)27-22)9-8-23-21(31)16-4-6-17(7-5-16)25-15(2)30/h4-7,14H,3,8-13H2,1-2H3,(H,23,31)(H,25,30). The third kappa shape index (κ3) is 5.60. The number of morpholine rings is 1. The first-order valence-corrected chi connectivity index (χ1v) is 11.9. The molecule has 0 atom stereocenters. The van der Waals surface area contributed by atoms with Crippen LogP contribution in [0, 0.1) is 0 Å². The number of benzene rings is 1. The molecule has 11 heteroatoms. The topological polar surface area (TPSA) is 114 Å². The number of nitrogens with zero attached hydrogens (tertiary/aromatic N) is 5. The second kappa shape index (κ2) is 10.6. The predicted molar refractivity (Wildman–Crippen MR) is 128 cm³/mol. The number of nitrogens with one attached hydrogen (secondary N) is 2. The third-order valence-electron chi connectivity index (χ3n) is 5.12. The number of aromatic nitrogens is 4. The van der Waals surface area contributed by atoms with Gasteiger partial charge in [0.25, 0.3) is 5.91 Å². The molecule has 0 unspecified atom stereocenters. The molecule has 10 nitrogen and oxygen atoms in total. The lowest BCUT2D eigenvalue weighted by Crippen LogP contribution is -2.37. The lowest BCUT2D eigenvalue weighted by atomic mass is 10.2. The van der Waals surface area contributed by atoms with E-state index in [9.17, 15) is 9.59 Å². The number of hydrogen-bond acceptors (Lipinski definition) is 8. The molecule has 2 N–H and O–H groups in total. The van der Waals surface area contributed by atoms with Crippen molar-refractivity contribution in [2.75, 3.05) is 48.8 Å². The molecule has 0 spiro atoms. The Hall–Kier alpha value is -3.18. The maximum Gasteiger partial charge on any atom is 0.251 e. The Morgan fingerprint density at radius 1 is 1.15 bits per heavy atom. The Morgan fingerprint density at radius 2 is 1.91 bits per heavy atom. The van der Waals surface area contributed by atoms with Crippen molar-refractivity contribution in [2.45, 2.75) is 25.5 Å². The van der Waals surface area contributed by atoms with Crippen LogP contribution in [0.4, 0.5) is 11.5 Å². The maximum atomic E-state index is 12.5. The van der Waals surface area contributed by atoms with Gasteiger partial charge in [0.05, 0.1) is 31.3 Å². The number of rotatable bonds is 8. The number of anilines is 2. The minimum Gasteiger partial charge on any atom is -0.378 e. The van der Waals surface area contributed by atoms with Crippen LogP contribution in [0.1, 0.15) is 24.2 Å². The zero-order chi connectivity index (χ0) is 23.2. The summed E-state index contributed by atoms with van der Waals surface area (Å²) in [7, 11) is 0.